The maximum atomic E-state index is 11.8. The van der Waals surface area contributed by atoms with Crippen LogP contribution in [-0.2, 0) is 28.7 Å². The maximum Gasteiger partial charge on any atom is 0.317 e. The van der Waals surface area contributed by atoms with Crippen molar-refractivity contribution in [2.75, 3.05) is 0 Å². The molecule has 0 amide bonds. The Kier molecular flexibility index (Phi) is 8.51. The highest BCUT2D eigenvalue weighted by Gasteiger charge is 2.55. The van der Waals surface area contributed by atoms with Gasteiger partial charge in [-0.2, -0.15) is 0 Å². The van der Waals surface area contributed by atoms with Crippen LogP contribution in [0.3, 0.4) is 0 Å². The van der Waals surface area contributed by atoms with Crippen molar-refractivity contribution in [2.24, 2.45) is 47.3 Å². The van der Waals surface area contributed by atoms with Crippen LogP contribution in [0.15, 0.2) is 0 Å². The molecule has 2 bridgehead atoms. The summed E-state index contributed by atoms with van der Waals surface area (Å²) >= 11 is 0. The summed E-state index contributed by atoms with van der Waals surface area (Å²) in [5.41, 5.74) is -0.518. The minimum Gasteiger partial charge on any atom is -0.481 e. The third kappa shape index (κ3) is 6.10. The second-order valence-electron chi connectivity index (χ2n) is 10.9. The fourth-order valence-corrected chi connectivity index (χ4v) is 5.71. The summed E-state index contributed by atoms with van der Waals surface area (Å²) in [5.74, 6) is -0.550. The Morgan fingerprint density at radius 3 is 2.12 bits per heavy atom. The van der Waals surface area contributed by atoms with Crippen molar-refractivity contribution in [3.05, 3.63) is 0 Å². The van der Waals surface area contributed by atoms with Crippen LogP contribution in [0, 0.1) is 47.3 Å². The molecule has 3 aliphatic rings. The molecular formula is C25H40O7. The molecule has 1 N–H and O–H groups in total. The van der Waals surface area contributed by atoms with Crippen LogP contribution in [0.4, 0.5) is 0 Å². The van der Waals surface area contributed by atoms with Gasteiger partial charge in [-0.15, -0.1) is 0 Å². The van der Waals surface area contributed by atoms with Crippen LogP contribution in [0.25, 0.3) is 0 Å². The number of carbonyl (C=O) groups excluding carboxylic acids is 3. The van der Waals surface area contributed by atoms with E-state index in [0.29, 0.717) is 30.6 Å². The largest absolute Gasteiger partial charge is 0.481 e. The summed E-state index contributed by atoms with van der Waals surface area (Å²) in [6.07, 6.45) is 4.68. The minimum absolute atomic E-state index is 0.155. The van der Waals surface area contributed by atoms with Crippen LogP contribution >= 0.6 is 0 Å². The number of carboxylic acids is 1. The Hall–Kier alpha value is -1.92. The molecule has 3 fully saturated rings. The van der Waals surface area contributed by atoms with Crippen LogP contribution in [0.5, 0.6) is 0 Å². The predicted octanol–water partition coefficient (Wildman–Crippen LogP) is 4.47. The molecule has 1 heterocycles. The predicted molar refractivity (Wildman–Crippen MR) is 118 cm³/mol. The first kappa shape index (κ1) is 26.3. The summed E-state index contributed by atoms with van der Waals surface area (Å²) in [4.78, 5) is 45.6. The van der Waals surface area contributed by atoms with Gasteiger partial charge < -0.3 is 14.6 Å². The van der Waals surface area contributed by atoms with Crippen LogP contribution < -0.4 is 0 Å². The number of carbonyl (C=O) groups is 4. The topological polar surface area (TPSA) is 107 Å². The highest BCUT2D eigenvalue weighted by Crippen LogP contribution is 2.56. The molecule has 32 heavy (non-hydrogen) atoms. The molecule has 0 aromatic heterocycles. The number of hydrogen-bond acceptors (Lipinski definition) is 6. The van der Waals surface area contributed by atoms with Crippen molar-refractivity contribution in [1.82, 2.24) is 0 Å². The summed E-state index contributed by atoms with van der Waals surface area (Å²) in [6, 6.07) is 0. The normalized spacial score (nSPS) is 33.2. The molecule has 1 saturated heterocycles. The first-order valence-electron chi connectivity index (χ1n) is 12.0. The zero-order valence-corrected chi connectivity index (χ0v) is 20.6. The standard InChI is InChI=1S/C13H18O3.C12H22O4/c1-6-8-3-4-9(5-8)10(6)11-7(2)12(14)16-13(11)15;1-6-9(10(13)14)7-8(2)11(15)16-12(3,4)5/h6-11H,3-5H2,1-2H3;8-9H,6-7H2,1-5H3,(H,13,14). The van der Waals surface area contributed by atoms with Crippen molar-refractivity contribution in [1.29, 1.82) is 0 Å². The van der Waals surface area contributed by atoms with Gasteiger partial charge in [0.2, 0.25) is 0 Å². The summed E-state index contributed by atoms with van der Waals surface area (Å²) in [6.45, 7) is 13.0. The van der Waals surface area contributed by atoms with E-state index in [1.807, 2.05) is 6.92 Å². The number of hydrogen-bond donors (Lipinski definition) is 1. The summed E-state index contributed by atoms with van der Waals surface area (Å²) in [7, 11) is 0. The molecule has 0 spiro atoms. The van der Waals surface area contributed by atoms with E-state index >= 15 is 0 Å². The van der Waals surface area contributed by atoms with Gasteiger partial charge in [-0.1, -0.05) is 27.7 Å². The van der Waals surface area contributed by atoms with Gasteiger partial charge >= 0.3 is 23.9 Å². The van der Waals surface area contributed by atoms with Gasteiger partial charge in [0.25, 0.3) is 0 Å². The molecule has 8 unspecified atom stereocenters. The van der Waals surface area contributed by atoms with E-state index in [9.17, 15) is 19.2 Å². The Morgan fingerprint density at radius 2 is 1.72 bits per heavy atom. The Labute approximate surface area is 191 Å². The smallest absolute Gasteiger partial charge is 0.317 e. The summed E-state index contributed by atoms with van der Waals surface area (Å²) < 4.78 is 9.97. The minimum atomic E-state index is -0.849. The molecule has 1 aliphatic heterocycles. The van der Waals surface area contributed by atoms with E-state index < -0.39 is 17.5 Å². The monoisotopic (exact) mass is 452 g/mol. The molecule has 2 aliphatic carbocycles. The van der Waals surface area contributed by atoms with Crippen molar-refractivity contribution >= 4 is 23.9 Å². The van der Waals surface area contributed by atoms with Crippen molar-refractivity contribution in [2.45, 2.75) is 86.2 Å². The molecular weight excluding hydrogens is 412 g/mol. The second-order valence-corrected chi connectivity index (χ2v) is 10.9. The number of carboxylic acid groups (broad SMARTS) is 1. The maximum absolute atomic E-state index is 11.8. The molecule has 0 radical (unpaired) electrons. The first-order chi connectivity index (χ1) is 14.8. The number of fused-ring (bicyclic) bond motifs is 2. The van der Waals surface area contributed by atoms with Gasteiger partial charge in [0, 0.05) is 0 Å². The van der Waals surface area contributed by atoms with Gasteiger partial charge in [-0.3, -0.25) is 19.2 Å². The van der Waals surface area contributed by atoms with E-state index in [1.165, 1.54) is 19.3 Å². The van der Waals surface area contributed by atoms with E-state index in [1.54, 1.807) is 34.6 Å². The van der Waals surface area contributed by atoms with E-state index in [4.69, 9.17) is 14.6 Å². The lowest BCUT2D eigenvalue weighted by Gasteiger charge is -2.32. The third-order valence-electron chi connectivity index (χ3n) is 7.50. The Bertz CT molecular complexity index is 720. The lowest BCUT2D eigenvalue weighted by Crippen LogP contribution is -2.33. The zero-order valence-electron chi connectivity index (χ0n) is 20.6. The molecule has 2 saturated carbocycles. The van der Waals surface area contributed by atoms with Crippen LogP contribution in [-0.4, -0.2) is 34.6 Å². The lowest BCUT2D eigenvalue weighted by atomic mass is 9.70. The summed E-state index contributed by atoms with van der Waals surface area (Å²) in [5, 5.41) is 8.88. The third-order valence-corrected chi connectivity index (χ3v) is 7.50. The van der Waals surface area contributed by atoms with E-state index in [-0.39, 0.29) is 35.7 Å². The second kappa shape index (κ2) is 10.3. The molecule has 0 aromatic rings. The number of aliphatic carboxylic acids is 1. The SMILES string of the molecule is CC1C(=O)OC(=O)C1C1C2CCC(C2)C1C.CCC(CC(C)C(=O)OC(C)(C)C)C(=O)O. The number of rotatable bonds is 6. The Morgan fingerprint density at radius 1 is 1.12 bits per heavy atom. The number of ether oxygens (including phenoxy) is 2. The van der Waals surface area contributed by atoms with Gasteiger partial charge in [-0.25, -0.2) is 0 Å². The number of cyclic esters (lactones) is 2. The van der Waals surface area contributed by atoms with E-state index in [0.717, 1.165) is 5.92 Å². The molecule has 182 valence electrons. The molecule has 7 nitrogen and oxygen atoms in total. The molecule has 0 aromatic carbocycles. The fourth-order valence-electron chi connectivity index (χ4n) is 5.71. The number of esters is 3. The van der Waals surface area contributed by atoms with E-state index in [2.05, 4.69) is 6.92 Å². The van der Waals surface area contributed by atoms with Gasteiger partial charge in [0.05, 0.1) is 23.7 Å². The van der Waals surface area contributed by atoms with Crippen molar-refractivity contribution in [3.8, 4) is 0 Å². The highest BCUT2D eigenvalue weighted by molar-refractivity contribution is 5.96. The van der Waals surface area contributed by atoms with Gasteiger partial charge in [0.1, 0.15) is 5.60 Å². The lowest BCUT2D eigenvalue weighted by molar-refractivity contribution is -0.160. The quantitative estimate of drug-likeness (QED) is 0.468. The van der Waals surface area contributed by atoms with Crippen LogP contribution in [0.2, 0.25) is 0 Å². The highest BCUT2D eigenvalue weighted by atomic mass is 16.6. The molecule has 8 atom stereocenters. The fraction of sp³-hybridized carbons (Fsp3) is 0.840. The van der Waals surface area contributed by atoms with Gasteiger partial charge in [-0.05, 0) is 76.5 Å². The zero-order chi connectivity index (χ0) is 24.4. The molecule has 7 heteroatoms. The Balaban J connectivity index is 0.000000227. The molecule has 3 rings (SSSR count). The first-order valence-corrected chi connectivity index (χ1v) is 12.0. The van der Waals surface area contributed by atoms with Crippen LogP contribution in [0.1, 0.15) is 80.6 Å². The van der Waals surface area contributed by atoms with Gasteiger partial charge in [0.15, 0.2) is 0 Å². The average Bonchev–Trinajstić information content (AvgIpc) is 3.33. The van der Waals surface area contributed by atoms with Crippen molar-refractivity contribution in [3.63, 3.8) is 0 Å². The van der Waals surface area contributed by atoms with Crippen molar-refractivity contribution < 1.29 is 33.8 Å². The average molecular weight is 453 g/mol.